The van der Waals surface area contributed by atoms with Crippen LogP contribution in [0, 0.1) is 5.82 Å². The van der Waals surface area contributed by atoms with E-state index in [1.165, 1.54) is 18.2 Å². The van der Waals surface area contributed by atoms with Crippen LogP contribution in [0.4, 0.5) is 4.39 Å². The average molecular weight is 327 g/mol. The van der Waals surface area contributed by atoms with Crippen molar-refractivity contribution >= 4 is 18.0 Å². The molecule has 0 fully saturated rings. The van der Waals surface area contributed by atoms with Gasteiger partial charge in [0.1, 0.15) is 11.9 Å². The highest BCUT2D eigenvalue weighted by Crippen LogP contribution is 2.06. The van der Waals surface area contributed by atoms with Gasteiger partial charge in [0, 0.05) is 0 Å². The van der Waals surface area contributed by atoms with E-state index in [1.54, 1.807) is 18.2 Å². The monoisotopic (exact) mass is 327 g/mol. The first-order valence-corrected chi connectivity index (χ1v) is 7.53. The number of carbonyl (C=O) groups excluding carboxylic acids is 1. The Labute approximate surface area is 139 Å². The van der Waals surface area contributed by atoms with E-state index in [4.69, 9.17) is 0 Å². The van der Waals surface area contributed by atoms with Crippen molar-refractivity contribution in [2.24, 2.45) is 0 Å². The zero-order valence-electron chi connectivity index (χ0n) is 13.0. The fourth-order valence-electron chi connectivity index (χ4n) is 2.20. The molecule has 2 N–H and O–H groups in total. The molecule has 0 radical (unpaired) electrons. The number of hydrogen-bond donors (Lipinski definition) is 2. The van der Waals surface area contributed by atoms with Gasteiger partial charge in [-0.25, -0.2) is 9.18 Å². The maximum Gasteiger partial charge on any atom is 0.326 e. The molecule has 2 aromatic rings. The van der Waals surface area contributed by atoms with Crippen molar-refractivity contribution in [1.82, 2.24) is 5.32 Å². The fraction of sp³-hybridized carbons (Fsp3) is 0.158. The van der Waals surface area contributed by atoms with Crippen LogP contribution in [0.2, 0.25) is 0 Å². The quantitative estimate of drug-likeness (QED) is 0.821. The highest BCUT2D eigenvalue weighted by molar-refractivity contribution is 5.85. The van der Waals surface area contributed by atoms with Crippen molar-refractivity contribution in [3.05, 3.63) is 77.6 Å². The summed E-state index contributed by atoms with van der Waals surface area (Å²) >= 11 is 0. The van der Waals surface area contributed by atoms with Crippen LogP contribution in [0.25, 0.3) is 6.08 Å². The number of nitrogens with one attached hydrogen (secondary N) is 1. The molecule has 0 heterocycles. The number of benzene rings is 2. The van der Waals surface area contributed by atoms with Crippen molar-refractivity contribution in [2.75, 3.05) is 0 Å². The second kappa shape index (κ2) is 8.62. The van der Waals surface area contributed by atoms with Gasteiger partial charge in [-0.2, -0.15) is 0 Å². The van der Waals surface area contributed by atoms with Gasteiger partial charge >= 0.3 is 5.97 Å². The van der Waals surface area contributed by atoms with Crippen LogP contribution in [0.3, 0.4) is 0 Å². The minimum absolute atomic E-state index is 0.0655. The average Bonchev–Trinajstić information content (AvgIpc) is 2.54. The van der Waals surface area contributed by atoms with Gasteiger partial charge in [0.05, 0.1) is 6.42 Å². The van der Waals surface area contributed by atoms with Crippen LogP contribution in [-0.2, 0) is 16.0 Å². The highest BCUT2D eigenvalue weighted by atomic mass is 19.1. The molecule has 0 bridgehead atoms. The molecule has 5 heteroatoms. The number of rotatable bonds is 7. The van der Waals surface area contributed by atoms with Crippen LogP contribution in [-0.4, -0.2) is 23.0 Å². The maximum absolute atomic E-state index is 13.1. The van der Waals surface area contributed by atoms with E-state index >= 15 is 0 Å². The van der Waals surface area contributed by atoms with Crippen LogP contribution in [0.5, 0.6) is 0 Å². The van der Waals surface area contributed by atoms with E-state index in [0.29, 0.717) is 5.56 Å². The largest absolute Gasteiger partial charge is 0.480 e. The molecule has 0 aromatic heterocycles. The minimum atomic E-state index is -1.11. The van der Waals surface area contributed by atoms with Gasteiger partial charge in [0.25, 0.3) is 0 Å². The minimum Gasteiger partial charge on any atom is -0.480 e. The molecule has 4 nitrogen and oxygen atoms in total. The Balaban J connectivity index is 1.92. The van der Waals surface area contributed by atoms with Crippen molar-refractivity contribution in [2.45, 2.75) is 18.9 Å². The number of amides is 1. The molecule has 24 heavy (non-hydrogen) atoms. The third kappa shape index (κ3) is 5.68. The molecule has 2 rings (SSSR count). The topological polar surface area (TPSA) is 66.4 Å². The third-order valence-corrected chi connectivity index (χ3v) is 3.37. The molecule has 0 saturated heterocycles. The maximum atomic E-state index is 13.1. The fourth-order valence-corrected chi connectivity index (χ4v) is 2.20. The van der Waals surface area contributed by atoms with Crippen molar-refractivity contribution < 1.29 is 19.1 Å². The Bertz CT molecular complexity index is 728. The van der Waals surface area contributed by atoms with Crippen molar-refractivity contribution in [3.63, 3.8) is 0 Å². The summed E-state index contributed by atoms with van der Waals surface area (Å²) in [4.78, 5) is 23.2. The Hall–Kier alpha value is -2.95. The molecular formula is C19H18FNO3. The Kier molecular flexibility index (Phi) is 6.25. The lowest BCUT2D eigenvalue weighted by Gasteiger charge is -2.12. The molecular weight excluding hydrogens is 309 g/mol. The summed E-state index contributed by atoms with van der Waals surface area (Å²) < 4.78 is 13.1. The summed E-state index contributed by atoms with van der Waals surface area (Å²) in [6.45, 7) is 0. The summed E-state index contributed by atoms with van der Waals surface area (Å²) in [7, 11) is 0. The van der Waals surface area contributed by atoms with Crippen molar-refractivity contribution in [1.29, 1.82) is 0 Å². The zero-order chi connectivity index (χ0) is 17.4. The number of hydrogen-bond acceptors (Lipinski definition) is 2. The molecule has 0 aliphatic heterocycles. The first kappa shape index (κ1) is 17.4. The molecule has 0 saturated carbocycles. The van der Waals surface area contributed by atoms with Gasteiger partial charge < -0.3 is 10.4 Å². The Morgan fingerprint density at radius 2 is 1.88 bits per heavy atom. The summed E-state index contributed by atoms with van der Waals surface area (Å²) in [6, 6.07) is 14.1. The number of carboxylic acid groups (broad SMARTS) is 1. The van der Waals surface area contributed by atoms with E-state index < -0.39 is 23.7 Å². The summed E-state index contributed by atoms with van der Waals surface area (Å²) in [5.74, 6) is -2.00. The van der Waals surface area contributed by atoms with Gasteiger partial charge in [0.2, 0.25) is 5.91 Å². The van der Waals surface area contributed by atoms with Crippen LogP contribution >= 0.6 is 0 Å². The van der Waals surface area contributed by atoms with Crippen LogP contribution < -0.4 is 5.32 Å². The molecule has 2 aromatic carbocycles. The zero-order valence-corrected chi connectivity index (χ0v) is 13.0. The lowest BCUT2D eigenvalue weighted by atomic mass is 10.1. The number of carbonyl (C=O) groups is 2. The molecule has 1 atom stereocenters. The predicted molar refractivity (Wildman–Crippen MR) is 89.8 cm³/mol. The second-order valence-electron chi connectivity index (χ2n) is 5.31. The van der Waals surface area contributed by atoms with Gasteiger partial charge in [-0.05, 0) is 29.7 Å². The molecule has 0 spiro atoms. The SMILES string of the molecule is O=C(Cc1cccc(F)c1)N[C@H](C/C=C/c1ccccc1)C(=O)O. The lowest BCUT2D eigenvalue weighted by Crippen LogP contribution is -2.41. The summed E-state index contributed by atoms with van der Waals surface area (Å²) in [6.07, 6.45) is 3.61. The van der Waals surface area contributed by atoms with Crippen molar-refractivity contribution in [3.8, 4) is 0 Å². The van der Waals surface area contributed by atoms with E-state index in [-0.39, 0.29) is 12.8 Å². The number of halogens is 1. The van der Waals surface area contributed by atoms with Gasteiger partial charge in [-0.15, -0.1) is 0 Å². The van der Waals surface area contributed by atoms with Gasteiger partial charge in [-0.1, -0.05) is 54.6 Å². The Morgan fingerprint density at radius 1 is 1.12 bits per heavy atom. The van der Waals surface area contributed by atoms with Gasteiger partial charge in [-0.3, -0.25) is 4.79 Å². The summed E-state index contributed by atoms with van der Waals surface area (Å²) in [5.41, 5.74) is 1.45. The molecule has 1 amide bonds. The normalized spacial score (nSPS) is 12.0. The lowest BCUT2D eigenvalue weighted by molar-refractivity contribution is -0.141. The molecule has 0 aliphatic carbocycles. The molecule has 0 unspecified atom stereocenters. The highest BCUT2D eigenvalue weighted by Gasteiger charge is 2.18. The number of carboxylic acids is 1. The van der Waals surface area contributed by atoms with E-state index in [1.807, 2.05) is 30.3 Å². The standard InChI is InChI=1S/C19H18FNO3/c20-16-10-4-9-15(12-16)13-18(22)21-17(19(23)24)11-5-8-14-6-2-1-3-7-14/h1-10,12,17H,11,13H2,(H,21,22)(H,23,24)/b8-5+/t17-/m1/s1. The number of aliphatic carboxylic acids is 1. The van der Waals surface area contributed by atoms with E-state index in [9.17, 15) is 19.1 Å². The van der Waals surface area contributed by atoms with E-state index in [2.05, 4.69) is 5.32 Å². The summed E-state index contributed by atoms with van der Waals surface area (Å²) in [5, 5.41) is 11.7. The first-order chi connectivity index (χ1) is 11.5. The van der Waals surface area contributed by atoms with Gasteiger partial charge in [0.15, 0.2) is 0 Å². The van der Waals surface area contributed by atoms with Crippen LogP contribution in [0.15, 0.2) is 60.7 Å². The first-order valence-electron chi connectivity index (χ1n) is 7.53. The van der Waals surface area contributed by atoms with E-state index in [0.717, 1.165) is 5.56 Å². The smallest absolute Gasteiger partial charge is 0.326 e. The molecule has 124 valence electrons. The predicted octanol–water partition coefficient (Wildman–Crippen LogP) is 3.04. The van der Waals surface area contributed by atoms with Crippen LogP contribution in [0.1, 0.15) is 17.5 Å². The third-order valence-electron chi connectivity index (χ3n) is 3.37. The second-order valence-corrected chi connectivity index (χ2v) is 5.31. The Morgan fingerprint density at radius 3 is 2.54 bits per heavy atom. The molecule has 0 aliphatic rings.